The number of piperidine rings is 1. The summed E-state index contributed by atoms with van der Waals surface area (Å²) < 4.78 is 7.32. The molecular weight excluding hydrogens is 388 g/mol. The molecule has 29 heavy (non-hydrogen) atoms. The van der Waals surface area contributed by atoms with Gasteiger partial charge in [-0.25, -0.2) is 9.99 Å². The Morgan fingerprint density at radius 1 is 1.10 bits per heavy atom. The van der Waals surface area contributed by atoms with Gasteiger partial charge in [-0.2, -0.15) is 9.97 Å². The van der Waals surface area contributed by atoms with Crippen LogP contribution in [0.15, 0.2) is 6.33 Å². The van der Waals surface area contributed by atoms with Crippen molar-refractivity contribution in [3.05, 3.63) is 11.6 Å². The van der Waals surface area contributed by atoms with E-state index in [2.05, 4.69) is 30.0 Å². The minimum absolute atomic E-state index is 0.283. The van der Waals surface area contributed by atoms with E-state index < -0.39 is 0 Å². The molecule has 2 aliphatic rings. The molecule has 0 spiro atoms. The fourth-order valence-electron chi connectivity index (χ4n) is 4.76. The van der Waals surface area contributed by atoms with E-state index in [1.165, 1.54) is 64.2 Å². The second-order valence-electron chi connectivity index (χ2n) is 8.49. The largest absolute Gasteiger partial charge is 0.385 e. The molecule has 1 saturated heterocycles. The molecule has 1 aliphatic carbocycles. The number of methoxy groups -OCH3 is 1. The molecule has 1 aliphatic heterocycles. The molecule has 2 aromatic rings. The molecule has 3 heterocycles. The summed E-state index contributed by atoms with van der Waals surface area (Å²) in [6.07, 6.45) is 14.4. The third-order valence-corrected chi connectivity index (χ3v) is 6.62. The van der Waals surface area contributed by atoms with Crippen LogP contribution in [0.25, 0.3) is 11.2 Å². The van der Waals surface area contributed by atoms with E-state index in [1.54, 1.807) is 7.11 Å². The third-order valence-electron chi connectivity index (χ3n) is 6.45. The second-order valence-corrected chi connectivity index (χ2v) is 8.83. The first-order valence-corrected chi connectivity index (χ1v) is 11.5. The number of rotatable bonds is 9. The highest BCUT2D eigenvalue weighted by atomic mass is 35.5. The number of imidazole rings is 1. The number of hydrazine groups is 1. The number of aromatic nitrogens is 4. The zero-order valence-corrected chi connectivity index (χ0v) is 18.2. The SMILES string of the molecule is COCCCCCC1CCN(Nc2nc(Cl)nc3c2ncn3C2CCCC2)CC1. The lowest BCUT2D eigenvalue weighted by Crippen LogP contribution is -2.38. The quantitative estimate of drug-likeness (QED) is 0.462. The third kappa shape index (κ3) is 5.19. The summed E-state index contributed by atoms with van der Waals surface area (Å²) >= 11 is 6.26. The first-order valence-electron chi connectivity index (χ1n) is 11.1. The molecule has 1 N–H and O–H groups in total. The van der Waals surface area contributed by atoms with Crippen LogP contribution in [0, 0.1) is 5.92 Å². The summed E-state index contributed by atoms with van der Waals surface area (Å²) in [5.74, 6) is 1.56. The van der Waals surface area contributed by atoms with E-state index >= 15 is 0 Å². The van der Waals surface area contributed by atoms with Crippen LogP contribution >= 0.6 is 11.6 Å². The minimum Gasteiger partial charge on any atom is -0.385 e. The number of nitrogens with one attached hydrogen (secondary N) is 1. The van der Waals surface area contributed by atoms with E-state index in [1.807, 2.05) is 6.33 Å². The molecule has 1 saturated carbocycles. The van der Waals surface area contributed by atoms with Gasteiger partial charge in [0.2, 0.25) is 5.28 Å². The van der Waals surface area contributed by atoms with Crippen molar-refractivity contribution >= 4 is 28.6 Å². The zero-order valence-electron chi connectivity index (χ0n) is 17.4. The Kier molecular flexibility index (Phi) is 7.21. The number of nitrogens with zero attached hydrogens (tertiary/aromatic N) is 5. The van der Waals surface area contributed by atoms with Crippen molar-refractivity contribution in [1.82, 2.24) is 24.5 Å². The molecule has 0 unspecified atom stereocenters. The van der Waals surface area contributed by atoms with Crippen molar-refractivity contribution in [3.63, 3.8) is 0 Å². The molecule has 2 fully saturated rings. The average Bonchev–Trinajstić information content (AvgIpc) is 3.38. The molecule has 0 bridgehead atoms. The van der Waals surface area contributed by atoms with E-state index in [4.69, 9.17) is 16.3 Å². The van der Waals surface area contributed by atoms with Gasteiger partial charge in [0, 0.05) is 32.8 Å². The number of hydrogen-bond donors (Lipinski definition) is 1. The molecule has 0 atom stereocenters. The van der Waals surface area contributed by atoms with Crippen LogP contribution in [-0.2, 0) is 4.74 Å². The molecular formula is C21H33ClN6O. The van der Waals surface area contributed by atoms with E-state index in [-0.39, 0.29) is 5.28 Å². The number of anilines is 1. The van der Waals surface area contributed by atoms with Crippen LogP contribution < -0.4 is 5.43 Å². The molecule has 2 aromatic heterocycles. The molecule has 0 aromatic carbocycles. The summed E-state index contributed by atoms with van der Waals surface area (Å²) in [6.45, 7) is 2.93. The van der Waals surface area contributed by atoms with Gasteiger partial charge in [0.15, 0.2) is 17.0 Å². The van der Waals surface area contributed by atoms with Gasteiger partial charge in [-0.3, -0.25) is 0 Å². The lowest BCUT2D eigenvalue weighted by Gasteiger charge is -2.32. The van der Waals surface area contributed by atoms with Gasteiger partial charge in [0.1, 0.15) is 0 Å². The normalized spacial score (nSPS) is 19.4. The van der Waals surface area contributed by atoms with Crippen molar-refractivity contribution in [2.24, 2.45) is 5.92 Å². The van der Waals surface area contributed by atoms with Crippen molar-refractivity contribution < 1.29 is 4.74 Å². The van der Waals surface area contributed by atoms with Gasteiger partial charge < -0.3 is 14.7 Å². The Hall–Kier alpha value is -1.44. The van der Waals surface area contributed by atoms with Gasteiger partial charge in [-0.1, -0.05) is 32.1 Å². The van der Waals surface area contributed by atoms with Crippen LogP contribution in [0.4, 0.5) is 5.82 Å². The maximum absolute atomic E-state index is 6.26. The summed E-state index contributed by atoms with van der Waals surface area (Å²) in [7, 11) is 1.78. The first-order chi connectivity index (χ1) is 14.2. The van der Waals surface area contributed by atoms with Crippen LogP contribution in [0.2, 0.25) is 5.28 Å². The van der Waals surface area contributed by atoms with Crippen LogP contribution in [-0.4, -0.2) is 51.3 Å². The van der Waals surface area contributed by atoms with Gasteiger partial charge in [-0.05, 0) is 49.6 Å². The Morgan fingerprint density at radius 2 is 1.90 bits per heavy atom. The van der Waals surface area contributed by atoms with Gasteiger partial charge >= 0.3 is 0 Å². The van der Waals surface area contributed by atoms with Gasteiger partial charge in [0.25, 0.3) is 0 Å². The van der Waals surface area contributed by atoms with Gasteiger partial charge in [-0.15, -0.1) is 0 Å². The predicted molar refractivity (Wildman–Crippen MR) is 116 cm³/mol. The minimum atomic E-state index is 0.283. The summed E-state index contributed by atoms with van der Waals surface area (Å²) in [4.78, 5) is 13.6. The molecule has 7 nitrogen and oxygen atoms in total. The Balaban J connectivity index is 1.34. The second kappa shape index (κ2) is 10.0. The zero-order chi connectivity index (χ0) is 20.1. The first kappa shape index (κ1) is 20.8. The molecule has 160 valence electrons. The standard InChI is InChI=1S/C21H33ClN6O/c1-29-14-6-2-3-7-16-10-12-27(13-11-16)26-19-18-20(25-21(22)24-19)28(15-23-18)17-8-4-5-9-17/h15-17H,2-14H2,1H3,(H,24,25,26). The number of fused-ring (bicyclic) bond motifs is 1. The lowest BCUT2D eigenvalue weighted by atomic mass is 9.92. The van der Waals surface area contributed by atoms with Crippen molar-refractivity contribution in [3.8, 4) is 0 Å². The van der Waals surface area contributed by atoms with Crippen LogP contribution in [0.3, 0.4) is 0 Å². The maximum atomic E-state index is 6.26. The van der Waals surface area contributed by atoms with E-state index in [0.29, 0.717) is 6.04 Å². The average molecular weight is 421 g/mol. The highest BCUT2D eigenvalue weighted by Crippen LogP contribution is 2.33. The smallest absolute Gasteiger partial charge is 0.226 e. The fraction of sp³-hybridized carbons (Fsp3) is 0.762. The summed E-state index contributed by atoms with van der Waals surface area (Å²) in [5.41, 5.74) is 5.15. The Bertz CT molecular complexity index is 783. The predicted octanol–water partition coefficient (Wildman–Crippen LogP) is 4.84. The highest BCUT2D eigenvalue weighted by molar-refractivity contribution is 6.28. The monoisotopic (exact) mass is 420 g/mol. The number of halogens is 1. The molecule has 0 radical (unpaired) electrons. The van der Waals surface area contributed by atoms with E-state index in [9.17, 15) is 0 Å². The number of hydrogen-bond acceptors (Lipinski definition) is 6. The van der Waals surface area contributed by atoms with Crippen LogP contribution in [0.5, 0.6) is 0 Å². The molecule has 8 heteroatoms. The van der Waals surface area contributed by atoms with Crippen molar-refractivity contribution in [1.29, 1.82) is 0 Å². The summed E-state index contributed by atoms with van der Waals surface area (Å²) in [5, 5.41) is 2.54. The molecule has 0 amide bonds. The Morgan fingerprint density at radius 3 is 2.66 bits per heavy atom. The maximum Gasteiger partial charge on any atom is 0.226 e. The van der Waals surface area contributed by atoms with E-state index in [0.717, 1.165) is 42.6 Å². The van der Waals surface area contributed by atoms with Gasteiger partial charge in [0.05, 0.1) is 6.33 Å². The fourth-order valence-corrected chi connectivity index (χ4v) is 4.92. The van der Waals surface area contributed by atoms with Crippen molar-refractivity contribution in [2.75, 3.05) is 32.2 Å². The number of unbranched alkanes of at least 4 members (excludes halogenated alkanes) is 2. The highest BCUT2D eigenvalue weighted by Gasteiger charge is 2.24. The molecule has 4 rings (SSSR count). The summed E-state index contributed by atoms with van der Waals surface area (Å²) in [6, 6.07) is 0.485. The lowest BCUT2D eigenvalue weighted by molar-refractivity contribution is 0.186. The Labute approximate surface area is 178 Å². The number of ether oxygens (including phenoxy) is 1. The van der Waals surface area contributed by atoms with Crippen LogP contribution in [0.1, 0.15) is 70.3 Å². The topological polar surface area (TPSA) is 68.1 Å². The van der Waals surface area contributed by atoms with Crippen molar-refractivity contribution in [2.45, 2.75) is 70.3 Å².